The van der Waals surface area contributed by atoms with E-state index in [1.165, 1.54) is 6.42 Å². The van der Waals surface area contributed by atoms with Gasteiger partial charge < -0.3 is 15.3 Å². The maximum Gasteiger partial charge on any atom is 0.224 e. The summed E-state index contributed by atoms with van der Waals surface area (Å²) in [6, 6.07) is 2.05. The highest BCUT2D eigenvalue weighted by Crippen LogP contribution is 2.32. The second kappa shape index (κ2) is 6.38. The minimum atomic E-state index is -0.411. The summed E-state index contributed by atoms with van der Waals surface area (Å²) in [5.41, 5.74) is 0.582. The Labute approximate surface area is 132 Å². The van der Waals surface area contributed by atoms with E-state index in [4.69, 9.17) is 0 Å². The molecule has 6 heteroatoms. The van der Waals surface area contributed by atoms with Crippen molar-refractivity contribution in [3.8, 4) is 0 Å². The highest BCUT2D eigenvalue weighted by atomic mass is 16.3. The molecule has 1 aromatic heterocycles. The van der Waals surface area contributed by atoms with Crippen molar-refractivity contribution in [2.45, 2.75) is 38.7 Å². The van der Waals surface area contributed by atoms with Gasteiger partial charge in [0.05, 0.1) is 5.60 Å². The molecule has 0 spiro atoms. The molecule has 1 aliphatic heterocycles. The fourth-order valence-electron chi connectivity index (χ4n) is 3.25. The van der Waals surface area contributed by atoms with E-state index in [0.717, 1.165) is 63.6 Å². The predicted molar refractivity (Wildman–Crippen MR) is 88.4 cm³/mol. The SMILES string of the molecule is CCNc1nc(C)cc(N2CCN(CC3(O)CCC3)CC2)n1. The van der Waals surface area contributed by atoms with Gasteiger partial charge in [-0.2, -0.15) is 4.98 Å². The molecule has 22 heavy (non-hydrogen) atoms. The summed E-state index contributed by atoms with van der Waals surface area (Å²) in [6.07, 6.45) is 3.10. The molecule has 1 saturated heterocycles. The van der Waals surface area contributed by atoms with Gasteiger partial charge in [0.2, 0.25) is 5.95 Å². The molecule has 6 nitrogen and oxygen atoms in total. The third-order valence-corrected chi connectivity index (χ3v) is 4.67. The Balaban J connectivity index is 1.58. The van der Waals surface area contributed by atoms with Gasteiger partial charge in [0, 0.05) is 51.0 Å². The van der Waals surface area contributed by atoms with Gasteiger partial charge in [0.25, 0.3) is 0 Å². The van der Waals surface area contributed by atoms with Crippen molar-refractivity contribution < 1.29 is 5.11 Å². The average molecular weight is 305 g/mol. The van der Waals surface area contributed by atoms with E-state index in [1.54, 1.807) is 0 Å². The number of nitrogens with one attached hydrogen (secondary N) is 1. The number of hydrogen-bond acceptors (Lipinski definition) is 6. The molecule has 2 fully saturated rings. The summed E-state index contributed by atoms with van der Waals surface area (Å²) >= 11 is 0. The van der Waals surface area contributed by atoms with Gasteiger partial charge in [-0.3, -0.25) is 4.90 Å². The first-order chi connectivity index (χ1) is 10.6. The van der Waals surface area contributed by atoms with Crippen LogP contribution in [-0.4, -0.2) is 64.8 Å². The Morgan fingerprint density at radius 1 is 1.23 bits per heavy atom. The molecule has 2 aliphatic rings. The zero-order valence-corrected chi connectivity index (χ0v) is 13.7. The molecule has 2 N–H and O–H groups in total. The summed E-state index contributed by atoms with van der Waals surface area (Å²) < 4.78 is 0. The number of aromatic nitrogens is 2. The summed E-state index contributed by atoms with van der Waals surface area (Å²) in [4.78, 5) is 13.7. The highest BCUT2D eigenvalue weighted by Gasteiger charge is 2.36. The van der Waals surface area contributed by atoms with Crippen LogP contribution in [0.1, 0.15) is 31.9 Å². The second-order valence-corrected chi connectivity index (χ2v) is 6.56. The minimum absolute atomic E-state index is 0.411. The number of hydrogen-bond donors (Lipinski definition) is 2. The molecule has 1 saturated carbocycles. The van der Waals surface area contributed by atoms with E-state index < -0.39 is 5.60 Å². The number of nitrogens with zero attached hydrogens (tertiary/aromatic N) is 4. The van der Waals surface area contributed by atoms with Crippen molar-refractivity contribution in [2.75, 3.05) is 49.5 Å². The molecule has 2 heterocycles. The Kier molecular flexibility index (Phi) is 4.49. The van der Waals surface area contributed by atoms with Gasteiger partial charge in [0.1, 0.15) is 5.82 Å². The molecule has 0 radical (unpaired) electrons. The Bertz CT molecular complexity index is 509. The summed E-state index contributed by atoms with van der Waals surface area (Å²) in [5.74, 6) is 1.72. The Morgan fingerprint density at radius 2 is 1.95 bits per heavy atom. The van der Waals surface area contributed by atoms with Crippen LogP contribution >= 0.6 is 0 Å². The van der Waals surface area contributed by atoms with Crippen molar-refractivity contribution in [3.63, 3.8) is 0 Å². The van der Waals surface area contributed by atoms with Crippen LogP contribution in [0, 0.1) is 6.92 Å². The van der Waals surface area contributed by atoms with Crippen molar-refractivity contribution in [3.05, 3.63) is 11.8 Å². The Morgan fingerprint density at radius 3 is 2.55 bits per heavy atom. The topological polar surface area (TPSA) is 64.5 Å². The lowest BCUT2D eigenvalue weighted by molar-refractivity contribution is -0.0594. The van der Waals surface area contributed by atoms with Crippen LogP contribution in [-0.2, 0) is 0 Å². The van der Waals surface area contributed by atoms with E-state index in [-0.39, 0.29) is 0 Å². The quantitative estimate of drug-likeness (QED) is 0.854. The molecular weight excluding hydrogens is 278 g/mol. The summed E-state index contributed by atoms with van der Waals surface area (Å²) in [5, 5.41) is 13.5. The monoisotopic (exact) mass is 305 g/mol. The van der Waals surface area contributed by atoms with Gasteiger partial charge in [-0.1, -0.05) is 0 Å². The van der Waals surface area contributed by atoms with Gasteiger partial charge in [-0.25, -0.2) is 4.98 Å². The van der Waals surface area contributed by atoms with Crippen molar-refractivity contribution >= 4 is 11.8 Å². The fraction of sp³-hybridized carbons (Fsp3) is 0.750. The molecule has 0 atom stereocenters. The first kappa shape index (κ1) is 15.5. The lowest BCUT2D eigenvalue weighted by Gasteiger charge is -2.43. The van der Waals surface area contributed by atoms with Crippen LogP contribution in [0.2, 0.25) is 0 Å². The molecule has 1 aliphatic carbocycles. The van der Waals surface area contributed by atoms with E-state index in [1.807, 2.05) is 6.92 Å². The predicted octanol–water partition coefficient (Wildman–Crippen LogP) is 1.25. The molecule has 0 bridgehead atoms. The molecular formula is C16H27N5O. The Hall–Kier alpha value is -1.40. The van der Waals surface area contributed by atoms with E-state index in [2.05, 4.69) is 38.1 Å². The molecule has 3 rings (SSSR count). The van der Waals surface area contributed by atoms with Gasteiger partial charge in [0.15, 0.2) is 0 Å². The first-order valence-electron chi connectivity index (χ1n) is 8.37. The number of aryl methyl sites for hydroxylation is 1. The van der Waals surface area contributed by atoms with Gasteiger partial charge in [-0.05, 0) is 33.1 Å². The second-order valence-electron chi connectivity index (χ2n) is 6.56. The van der Waals surface area contributed by atoms with Gasteiger partial charge in [-0.15, -0.1) is 0 Å². The number of β-amino-alcohol motifs (C(OH)–C–C–N with tert-alkyl or cyclic N) is 1. The van der Waals surface area contributed by atoms with Crippen LogP contribution in [0.4, 0.5) is 11.8 Å². The smallest absolute Gasteiger partial charge is 0.224 e. The van der Waals surface area contributed by atoms with Gasteiger partial charge >= 0.3 is 0 Å². The van der Waals surface area contributed by atoms with Crippen molar-refractivity contribution in [1.29, 1.82) is 0 Å². The standard InChI is InChI=1S/C16H27N5O/c1-3-17-15-18-13(2)11-14(19-15)21-9-7-20(8-10-21)12-16(22)5-4-6-16/h11,22H,3-10,12H2,1-2H3,(H,17,18,19). The normalized spacial score (nSPS) is 21.5. The zero-order valence-electron chi connectivity index (χ0n) is 13.7. The number of aliphatic hydroxyl groups is 1. The maximum atomic E-state index is 10.3. The maximum absolute atomic E-state index is 10.3. The highest BCUT2D eigenvalue weighted by molar-refractivity contribution is 5.45. The van der Waals surface area contributed by atoms with E-state index in [0.29, 0.717) is 5.95 Å². The molecule has 0 amide bonds. The number of piperazine rings is 1. The van der Waals surface area contributed by atoms with Crippen LogP contribution in [0.15, 0.2) is 6.07 Å². The first-order valence-corrected chi connectivity index (χ1v) is 8.37. The molecule has 122 valence electrons. The van der Waals surface area contributed by atoms with Crippen molar-refractivity contribution in [2.24, 2.45) is 0 Å². The summed E-state index contributed by atoms with van der Waals surface area (Å²) in [6.45, 7) is 9.60. The number of anilines is 2. The van der Waals surface area contributed by atoms with Crippen LogP contribution in [0.5, 0.6) is 0 Å². The van der Waals surface area contributed by atoms with Crippen LogP contribution in [0.3, 0.4) is 0 Å². The number of rotatable bonds is 5. The largest absolute Gasteiger partial charge is 0.389 e. The van der Waals surface area contributed by atoms with E-state index in [9.17, 15) is 5.11 Å². The lowest BCUT2D eigenvalue weighted by Crippen LogP contribution is -2.54. The fourth-order valence-corrected chi connectivity index (χ4v) is 3.25. The van der Waals surface area contributed by atoms with Crippen molar-refractivity contribution in [1.82, 2.24) is 14.9 Å². The van der Waals surface area contributed by atoms with E-state index >= 15 is 0 Å². The third kappa shape index (κ3) is 3.50. The summed E-state index contributed by atoms with van der Waals surface area (Å²) in [7, 11) is 0. The minimum Gasteiger partial charge on any atom is -0.389 e. The average Bonchev–Trinajstić information content (AvgIpc) is 2.46. The molecule has 0 unspecified atom stereocenters. The lowest BCUT2D eigenvalue weighted by atomic mass is 9.80. The molecule has 0 aromatic carbocycles. The van der Waals surface area contributed by atoms with Crippen LogP contribution in [0.25, 0.3) is 0 Å². The zero-order chi connectivity index (χ0) is 15.6. The van der Waals surface area contributed by atoms with Crippen LogP contribution < -0.4 is 10.2 Å². The molecule has 1 aromatic rings. The third-order valence-electron chi connectivity index (χ3n) is 4.67.